The number of methoxy groups -OCH3 is 1. The van der Waals surface area contributed by atoms with Gasteiger partial charge in [0.25, 0.3) is 0 Å². The van der Waals surface area contributed by atoms with Gasteiger partial charge in [0.15, 0.2) is 11.5 Å². The number of allylic oxidation sites excluding steroid dienone is 1. The van der Waals surface area contributed by atoms with Crippen LogP contribution in [0.1, 0.15) is 24.1 Å². The quantitative estimate of drug-likeness (QED) is 0.755. The van der Waals surface area contributed by atoms with Crippen LogP contribution in [0.25, 0.3) is 0 Å². The van der Waals surface area contributed by atoms with E-state index in [0.29, 0.717) is 28.5 Å². The Labute approximate surface area is 167 Å². The highest BCUT2D eigenvalue weighted by Crippen LogP contribution is 2.33. The molecule has 29 heavy (non-hydrogen) atoms. The maximum atomic E-state index is 12.9. The number of esters is 1. The fraction of sp³-hybridized carbons (Fsp3) is 0.238. The lowest BCUT2D eigenvalue weighted by Gasteiger charge is -2.28. The summed E-state index contributed by atoms with van der Waals surface area (Å²) >= 11 is 0. The van der Waals surface area contributed by atoms with Crippen LogP contribution in [-0.4, -0.2) is 25.9 Å². The molecule has 1 atom stereocenters. The van der Waals surface area contributed by atoms with Crippen molar-refractivity contribution in [2.75, 3.05) is 13.9 Å². The Bertz CT molecular complexity index is 983. The van der Waals surface area contributed by atoms with Gasteiger partial charge in [-0.3, -0.25) is 0 Å². The fourth-order valence-corrected chi connectivity index (χ4v) is 3.27. The van der Waals surface area contributed by atoms with Crippen LogP contribution in [0.3, 0.4) is 0 Å². The molecule has 2 aromatic rings. The molecular weight excluding hydrogens is 376 g/mol. The first-order valence-corrected chi connectivity index (χ1v) is 9.03. The number of carbonyl (C=O) groups excluding carboxylic acids is 2. The van der Waals surface area contributed by atoms with Crippen molar-refractivity contribution < 1.29 is 28.5 Å². The van der Waals surface area contributed by atoms with E-state index in [2.05, 4.69) is 10.6 Å². The molecule has 0 aromatic heterocycles. The summed E-state index contributed by atoms with van der Waals surface area (Å²) < 4.78 is 21.3. The monoisotopic (exact) mass is 396 g/mol. The first-order chi connectivity index (χ1) is 14.0. The molecule has 0 fully saturated rings. The predicted molar refractivity (Wildman–Crippen MR) is 102 cm³/mol. The van der Waals surface area contributed by atoms with Crippen LogP contribution >= 0.6 is 0 Å². The molecule has 2 aromatic carbocycles. The molecule has 2 aliphatic heterocycles. The number of amides is 2. The van der Waals surface area contributed by atoms with Gasteiger partial charge in [0, 0.05) is 5.70 Å². The Kier molecular flexibility index (Phi) is 4.99. The van der Waals surface area contributed by atoms with Crippen LogP contribution in [0.2, 0.25) is 0 Å². The second-order valence-corrected chi connectivity index (χ2v) is 6.61. The maximum absolute atomic E-state index is 12.9. The molecule has 0 saturated heterocycles. The molecule has 4 rings (SSSR count). The molecule has 2 amide bonds. The van der Waals surface area contributed by atoms with Crippen LogP contribution in [0.15, 0.2) is 53.7 Å². The van der Waals surface area contributed by atoms with E-state index in [1.54, 1.807) is 50.4 Å². The number of fused-ring (bicyclic) bond motifs is 1. The van der Waals surface area contributed by atoms with E-state index < -0.39 is 12.0 Å². The van der Waals surface area contributed by atoms with Crippen molar-refractivity contribution in [1.29, 1.82) is 0 Å². The Morgan fingerprint density at radius 3 is 2.66 bits per heavy atom. The number of rotatable bonds is 5. The normalized spacial score (nSPS) is 17.4. The second kappa shape index (κ2) is 7.75. The topological polar surface area (TPSA) is 95.1 Å². The molecule has 2 heterocycles. The van der Waals surface area contributed by atoms with Crippen molar-refractivity contribution in [2.45, 2.75) is 19.6 Å². The average molecular weight is 396 g/mol. The van der Waals surface area contributed by atoms with E-state index in [1.165, 1.54) is 0 Å². The van der Waals surface area contributed by atoms with Crippen LogP contribution in [-0.2, 0) is 16.1 Å². The van der Waals surface area contributed by atoms with Gasteiger partial charge in [0.05, 0.1) is 18.7 Å². The molecule has 0 aliphatic carbocycles. The highest BCUT2D eigenvalue weighted by molar-refractivity contribution is 5.95. The zero-order chi connectivity index (χ0) is 20.4. The maximum Gasteiger partial charge on any atom is 0.338 e. The van der Waals surface area contributed by atoms with Gasteiger partial charge in [-0.1, -0.05) is 18.2 Å². The van der Waals surface area contributed by atoms with Crippen molar-refractivity contribution in [3.8, 4) is 17.2 Å². The minimum absolute atomic E-state index is 0.0650. The molecule has 150 valence electrons. The number of hydrogen-bond donors (Lipinski definition) is 2. The minimum atomic E-state index is -0.626. The van der Waals surface area contributed by atoms with Crippen LogP contribution in [0.4, 0.5) is 4.79 Å². The van der Waals surface area contributed by atoms with Gasteiger partial charge < -0.3 is 29.6 Å². The smallest absolute Gasteiger partial charge is 0.338 e. The number of urea groups is 1. The number of nitrogens with one attached hydrogen (secondary N) is 2. The molecule has 2 aliphatic rings. The van der Waals surface area contributed by atoms with E-state index in [1.807, 2.05) is 6.07 Å². The highest BCUT2D eigenvalue weighted by Gasteiger charge is 2.32. The van der Waals surface area contributed by atoms with Gasteiger partial charge >= 0.3 is 12.0 Å². The molecular formula is C21H20N2O6. The van der Waals surface area contributed by atoms with Crippen LogP contribution in [0, 0.1) is 0 Å². The standard InChI is InChI=1S/C21H20N2O6/c1-12-18(19(23-21(25)22-12)14-4-6-15(26-2)7-5-14)20(24)27-10-13-3-8-16-17(9-13)29-11-28-16/h3-9,19H,10-11H2,1-2H3,(H2,22,23,25). The Hall–Kier alpha value is -3.68. The lowest BCUT2D eigenvalue weighted by atomic mass is 9.95. The largest absolute Gasteiger partial charge is 0.497 e. The lowest BCUT2D eigenvalue weighted by molar-refractivity contribution is -0.140. The van der Waals surface area contributed by atoms with Gasteiger partial charge in [-0.05, 0) is 42.3 Å². The summed E-state index contributed by atoms with van der Waals surface area (Å²) in [5.74, 6) is 1.45. The SMILES string of the molecule is COc1ccc(C2NC(=O)NC(C)=C2C(=O)OCc2ccc3c(c2)OCO3)cc1. The summed E-state index contributed by atoms with van der Waals surface area (Å²) in [7, 11) is 1.57. The van der Waals surface area contributed by atoms with Crippen molar-refractivity contribution in [3.05, 3.63) is 64.9 Å². The first kappa shape index (κ1) is 18.7. The summed E-state index contributed by atoms with van der Waals surface area (Å²) in [4.78, 5) is 24.9. The van der Waals surface area contributed by atoms with Crippen molar-refractivity contribution in [2.24, 2.45) is 0 Å². The molecule has 0 radical (unpaired) electrons. The number of carbonyl (C=O) groups is 2. The summed E-state index contributed by atoms with van der Waals surface area (Å²) in [6, 6.07) is 11.5. The summed E-state index contributed by atoms with van der Waals surface area (Å²) in [5.41, 5.74) is 2.31. The fourth-order valence-electron chi connectivity index (χ4n) is 3.27. The average Bonchev–Trinajstić information content (AvgIpc) is 3.19. The molecule has 1 unspecified atom stereocenters. The van der Waals surface area contributed by atoms with E-state index in [9.17, 15) is 9.59 Å². The van der Waals surface area contributed by atoms with E-state index in [0.717, 1.165) is 11.1 Å². The Morgan fingerprint density at radius 1 is 1.14 bits per heavy atom. The molecule has 2 N–H and O–H groups in total. The Balaban J connectivity index is 1.53. The van der Waals surface area contributed by atoms with Crippen molar-refractivity contribution in [3.63, 3.8) is 0 Å². The third-order valence-electron chi connectivity index (χ3n) is 4.75. The van der Waals surface area contributed by atoms with E-state index >= 15 is 0 Å². The predicted octanol–water partition coefficient (Wildman–Crippen LogP) is 2.80. The Morgan fingerprint density at radius 2 is 1.90 bits per heavy atom. The minimum Gasteiger partial charge on any atom is -0.497 e. The van der Waals surface area contributed by atoms with Crippen LogP contribution in [0.5, 0.6) is 17.2 Å². The van der Waals surface area contributed by atoms with Gasteiger partial charge in [-0.25, -0.2) is 9.59 Å². The van der Waals surface area contributed by atoms with E-state index in [4.69, 9.17) is 18.9 Å². The summed E-state index contributed by atoms with van der Waals surface area (Å²) in [6.45, 7) is 1.92. The van der Waals surface area contributed by atoms with Crippen molar-refractivity contribution >= 4 is 12.0 Å². The lowest BCUT2D eigenvalue weighted by Crippen LogP contribution is -2.45. The molecule has 8 heteroatoms. The number of hydrogen-bond acceptors (Lipinski definition) is 6. The van der Waals surface area contributed by atoms with Gasteiger partial charge in [-0.2, -0.15) is 0 Å². The highest BCUT2D eigenvalue weighted by atomic mass is 16.7. The van der Waals surface area contributed by atoms with Gasteiger partial charge in [0.1, 0.15) is 12.4 Å². The van der Waals surface area contributed by atoms with Gasteiger partial charge in [-0.15, -0.1) is 0 Å². The summed E-state index contributed by atoms with van der Waals surface area (Å²) in [5, 5.41) is 5.41. The molecule has 8 nitrogen and oxygen atoms in total. The zero-order valence-corrected chi connectivity index (χ0v) is 16.0. The van der Waals surface area contributed by atoms with Gasteiger partial charge in [0.2, 0.25) is 6.79 Å². The third-order valence-corrected chi connectivity index (χ3v) is 4.75. The van der Waals surface area contributed by atoms with Crippen molar-refractivity contribution in [1.82, 2.24) is 10.6 Å². The molecule has 0 bridgehead atoms. The third kappa shape index (κ3) is 3.82. The number of benzene rings is 2. The second-order valence-electron chi connectivity index (χ2n) is 6.61. The number of ether oxygens (including phenoxy) is 4. The molecule has 0 saturated carbocycles. The van der Waals surface area contributed by atoms with E-state index in [-0.39, 0.29) is 19.4 Å². The zero-order valence-electron chi connectivity index (χ0n) is 16.0. The summed E-state index contributed by atoms with van der Waals surface area (Å²) in [6.07, 6.45) is 0. The molecule has 0 spiro atoms. The first-order valence-electron chi connectivity index (χ1n) is 9.03. The van der Waals surface area contributed by atoms with Crippen LogP contribution < -0.4 is 24.8 Å².